The molecule has 0 bridgehead atoms. The minimum Gasteiger partial charge on any atom is -0.479 e. The van der Waals surface area contributed by atoms with E-state index in [4.69, 9.17) is 0 Å². The number of hydrogen-bond donors (Lipinski definition) is 2. The molecular formula is C12H10BrNO2S. The molecular weight excluding hydrogens is 302 g/mol. The second-order valence-electron chi connectivity index (χ2n) is 3.41. The number of anilines is 1. The Morgan fingerprint density at radius 3 is 2.53 bits per heavy atom. The second-order valence-corrected chi connectivity index (χ2v) is 5.22. The Morgan fingerprint density at radius 1 is 1.29 bits per heavy atom. The van der Waals surface area contributed by atoms with Gasteiger partial charge in [-0.25, -0.2) is 4.79 Å². The monoisotopic (exact) mass is 311 g/mol. The first-order valence-corrected chi connectivity index (χ1v) is 6.63. The van der Waals surface area contributed by atoms with Gasteiger partial charge in [-0.15, -0.1) is 11.3 Å². The van der Waals surface area contributed by atoms with E-state index in [2.05, 4.69) is 21.2 Å². The first-order chi connectivity index (χ1) is 8.18. The fourth-order valence-electron chi connectivity index (χ4n) is 1.45. The number of nitrogens with one attached hydrogen (secondary N) is 1. The minimum absolute atomic E-state index is 0.730. The molecule has 0 fully saturated rings. The van der Waals surface area contributed by atoms with Gasteiger partial charge in [-0.3, -0.25) is 0 Å². The summed E-state index contributed by atoms with van der Waals surface area (Å²) in [5, 5.41) is 14.1. The van der Waals surface area contributed by atoms with Crippen LogP contribution in [0.15, 0.2) is 46.3 Å². The second kappa shape index (κ2) is 5.33. The van der Waals surface area contributed by atoms with E-state index >= 15 is 0 Å². The van der Waals surface area contributed by atoms with Crippen molar-refractivity contribution in [2.24, 2.45) is 0 Å². The summed E-state index contributed by atoms with van der Waals surface area (Å²) in [7, 11) is 0. The molecule has 5 heteroatoms. The standard InChI is InChI=1S/C12H10BrNO2S/c13-9-6-7-17-11(9)10(12(15)16)14-8-4-2-1-3-5-8/h1-7,10,14H,(H,15,16). The van der Waals surface area contributed by atoms with Crippen molar-refractivity contribution in [2.45, 2.75) is 6.04 Å². The van der Waals surface area contributed by atoms with Crippen molar-refractivity contribution >= 4 is 38.9 Å². The molecule has 1 aromatic heterocycles. The molecule has 1 unspecified atom stereocenters. The van der Waals surface area contributed by atoms with Gasteiger partial charge in [0, 0.05) is 10.2 Å². The number of rotatable bonds is 4. The van der Waals surface area contributed by atoms with Crippen LogP contribution in [-0.4, -0.2) is 11.1 Å². The van der Waals surface area contributed by atoms with Crippen LogP contribution in [0, 0.1) is 0 Å². The maximum absolute atomic E-state index is 11.3. The molecule has 0 spiro atoms. The number of halogens is 1. The minimum atomic E-state index is -0.892. The third kappa shape index (κ3) is 2.87. The highest BCUT2D eigenvalue weighted by Crippen LogP contribution is 2.31. The molecule has 0 radical (unpaired) electrons. The quantitative estimate of drug-likeness (QED) is 0.904. The summed E-state index contributed by atoms with van der Waals surface area (Å²) in [6.45, 7) is 0. The van der Waals surface area contributed by atoms with Gasteiger partial charge < -0.3 is 10.4 Å². The van der Waals surface area contributed by atoms with E-state index in [1.807, 2.05) is 41.8 Å². The van der Waals surface area contributed by atoms with E-state index in [-0.39, 0.29) is 0 Å². The van der Waals surface area contributed by atoms with Crippen LogP contribution in [0.25, 0.3) is 0 Å². The van der Waals surface area contributed by atoms with E-state index < -0.39 is 12.0 Å². The van der Waals surface area contributed by atoms with Crippen LogP contribution < -0.4 is 5.32 Å². The van der Waals surface area contributed by atoms with E-state index in [1.54, 1.807) is 0 Å². The number of carbonyl (C=O) groups is 1. The maximum atomic E-state index is 11.3. The van der Waals surface area contributed by atoms with E-state index in [0.29, 0.717) is 0 Å². The number of thiophene rings is 1. The smallest absolute Gasteiger partial charge is 0.331 e. The molecule has 1 heterocycles. The lowest BCUT2D eigenvalue weighted by Crippen LogP contribution is -2.19. The van der Waals surface area contributed by atoms with Crippen molar-refractivity contribution in [3.8, 4) is 0 Å². The molecule has 88 valence electrons. The van der Waals surface area contributed by atoms with Gasteiger partial charge in [0.15, 0.2) is 6.04 Å². The number of carboxylic acid groups (broad SMARTS) is 1. The average Bonchev–Trinajstić information content (AvgIpc) is 2.73. The Balaban J connectivity index is 2.26. The molecule has 1 atom stereocenters. The predicted molar refractivity (Wildman–Crippen MR) is 72.5 cm³/mol. The zero-order valence-electron chi connectivity index (χ0n) is 8.76. The fraction of sp³-hybridized carbons (Fsp3) is 0.0833. The van der Waals surface area contributed by atoms with Crippen LogP contribution in [0.2, 0.25) is 0 Å². The molecule has 17 heavy (non-hydrogen) atoms. The van der Waals surface area contributed by atoms with Crippen LogP contribution in [0.3, 0.4) is 0 Å². The van der Waals surface area contributed by atoms with Gasteiger partial charge >= 0.3 is 5.97 Å². The van der Waals surface area contributed by atoms with Gasteiger partial charge in [-0.05, 0) is 39.5 Å². The number of para-hydroxylation sites is 1. The van der Waals surface area contributed by atoms with Crippen molar-refractivity contribution in [1.29, 1.82) is 0 Å². The van der Waals surface area contributed by atoms with Gasteiger partial charge in [0.2, 0.25) is 0 Å². The topological polar surface area (TPSA) is 49.3 Å². The highest BCUT2D eigenvalue weighted by molar-refractivity contribution is 9.10. The molecule has 1 aromatic carbocycles. The molecule has 3 nitrogen and oxygen atoms in total. The zero-order valence-corrected chi connectivity index (χ0v) is 11.2. The third-order valence-corrected chi connectivity index (χ3v) is 4.17. The van der Waals surface area contributed by atoms with Crippen LogP contribution in [0.5, 0.6) is 0 Å². The zero-order chi connectivity index (χ0) is 12.3. The first kappa shape index (κ1) is 12.1. The van der Waals surface area contributed by atoms with Crippen molar-refractivity contribution in [3.63, 3.8) is 0 Å². The number of hydrogen-bond acceptors (Lipinski definition) is 3. The Bertz CT molecular complexity index is 512. The lowest BCUT2D eigenvalue weighted by Gasteiger charge is -2.14. The van der Waals surface area contributed by atoms with Gasteiger partial charge in [-0.1, -0.05) is 18.2 Å². The van der Waals surface area contributed by atoms with Gasteiger partial charge in [0.25, 0.3) is 0 Å². The molecule has 2 rings (SSSR count). The normalized spacial score (nSPS) is 12.1. The molecule has 2 aromatic rings. The van der Waals surface area contributed by atoms with E-state index in [1.165, 1.54) is 11.3 Å². The largest absolute Gasteiger partial charge is 0.479 e. The molecule has 0 aliphatic carbocycles. The predicted octanol–water partition coefficient (Wildman–Crippen LogP) is 3.75. The summed E-state index contributed by atoms with van der Waals surface area (Å²) >= 11 is 4.77. The summed E-state index contributed by atoms with van der Waals surface area (Å²) in [6.07, 6.45) is 0. The van der Waals surface area contributed by atoms with Crippen LogP contribution in [0.1, 0.15) is 10.9 Å². The highest BCUT2D eigenvalue weighted by atomic mass is 79.9. The van der Waals surface area contributed by atoms with E-state index in [0.717, 1.165) is 15.0 Å². The van der Waals surface area contributed by atoms with Crippen LogP contribution in [-0.2, 0) is 4.79 Å². The first-order valence-electron chi connectivity index (χ1n) is 4.96. The number of benzene rings is 1. The summed E-state index contributed by atoms with van der Waals surface area (Å²) < 4.78 is 0.818. The third-order valence-electron chi connectivity index (χ3n) is 2.24. The molecule has 0 saturated carbocycles. The van der Waals surface area contributed by atoms with Gasteiger partial charge in [0.1, 0.15) is 0 Å². The summed E-state index contributed by atoms with van der Waals surface area (Å²) in [5.41, 5.74) is 0.792. The summed E-state index contributed by atoms with van der Waals surface area (Å²) in [4.78, 5) is 12.0. The highest BCUT2D eigenvalue weighted by Gasteiger charge is 2.23. The SMILES string of the molecule is O=C(O)C(Nc1ccccc1)c1sccc1Br. The van der Waals surface area contributed by atoms with Crippen molar-refractivity contribution in [3.05, 3.63) is 51.1 Å². The molecule has 2 N–H and O–H groups in total. The van der Waals surface area contributed by atoms with Crippen LogP contribution in [0.4, 0.5) is 5.69 Å². The number of carboxylic acids is 1. The average molecular weight is 312 g/mol. The Kier molecular flexibility index (Phi) is 3.81. The molecule has 0 amide bonds. The van der Waals surface area contributed by atoms with Gasteiger partial charge in [-0.2, -0.15) is 0 Å². The molecule has 0 saturated heterocycles. The number of aliphatic carboxylic acids is 1. The van der Waals surface area contributed by atoms with Crippen molar-refractivity contribution in [2.75, 3.05) is 5.32 Å². The van der Waals surface area contributed by atoms with Crippen molar-refractivity contribution < 1.29 is 9.90 Å². The van der Waals surface area contributed by atoms with E-state index in [9.17, 15) is 9.90 Å². The summed E-state index contributed by atoms with van der Waals surface area (Å²) in [6, 6.07) is 10.4. The summed E-state index contributed by atoms with van der Waals surface area (Å²) in [5.74, 6) is -0.892. The lowest BCUT2D eigenvalue weighted by atomic mass is 10.2. The van der Waals surface area contributed by atoms with Crippen LogP contribution >= 0.6 is 27.3 Å². The Morgan fingerprint density at radius 2 is 2.00 bits per heavy atom. The van der Waals surface area contributed by atoms with Gasteiger partial charge in [0.05, 0.1) is 4.88 Å². The van der Waals surface area contributed by atoms with Crippen molar-refractivity contribution in [1.82, 2.24) is 0 Å². The Hall–Kier alpha value is -1.33. The lowest BCUT2D eigenvalue weighted by molar-refractivity contribution is -0.138. The molecule has 0 aliphatic rings. The molecule has 0 aliphatic heterocycles. The maximum Gasteiger partial charge on any atom is 0.331 e. The fourth-order valence-corrected chi connectivity index (χ4v) is 3.10. The Labute approximate surface area is 111 Å².